The number of amides is 2. The number of hydrogen-bond donors (Lipinski definition) is 2. The summed E-state index contributed by atoms with van der Waals surface area (Å²) in [5, 5.41) is 2.98. The Kier molecular flexibility index (Phi) is 2.02. The molecule has 4 nitrogen and oxygen atoms in total. The summed E-state index contributed by atoms with van der Waals surface area (Å²) in [6, 6.07) is 8.12. The van der Waals surface area contributed by atoms with Gasteiger partial charge in [0.2, 0.25) is 0 Å². The molecule has 2 heterocycles. The SMILES string of the molecule is [CH2-][NH+]1CC[N+]2(CC1)C(=O)Nc1ccccc12. The van der Waals surface area contributed by atoms with Crippen LogP contribution in [0, 0.1) is 7.05 Å². The van der Waals surface area contributed by atoms with E-state index in [0.29, 0.717) is 4.48 Å². The molecule has 0 saturated carbocycles. The first-order valence-electron chi connectivity index (χ1n) is 5.67. The smallest absolute Gasteiger partial charge is 0.426 e. The van der Waals surface area contributed by atoms with Gasteiger partial charge >= 0.3 is 6.03 Å². The van der Waals surface area contributed by atoms with Gasteiger partial charge in [-0.2, -0.15) is 11.5 Å². The molecule has 0 bridgehead atoms. The van der Waals surface area contributed by atoms with E-state index in [1.165, 1.54) is 4.90 Å². The standard InChI is InChI=1S/C12H15N3O/c1-14-6-8-15(9-7-14)11-5-3-2-4-10(11)13-12(15)16/h2-5,14H,1,6-9H2/p+1. The third kappa shape index (κ3) is 1.20. The first kappa shape index (κ1) is 9.81. The van der Waals surface area contributed by atoms with Gasteiger partial charge in [0.15, 0.2) is 5.69 Å². The van der Waals surface area contributed by atoms with Gasteiger partial charge in [-0.15, -0.1) is 0 Å². The molecule has 4 heteroatoms. The van der Waals surface area contributed by atoms with Crippen molar-refractivity contribution in [2.24, 2.45) is 0 Å². The molecule has 2 N–H and O–H groups in total. The van der Waals surface area contributed by atoms with Crippen LogP contribution in [-0.4, -0.2) is 32.2 Å². The van der Waals surface area contributed by atoms with Crippen LogP contribution >= 0.6 is 0 Å². The molecule has 0 aromatic heterocycles. The summed E-state index contributed by atoms with van der Waals surface area (Å²) in [6.45, 7) is 3.59. The molecule has 0 radical (unpaired) electrons. The van der Waals surface area contributed by atoms with Crippen LogP contribution in [0.5, 0.6) is 0 Å². The van der Waals surface area contributed by atoms with Crippen molar-refractivity contribution in [2.45, 2.75) is 0 Å². The van der Waals surface area contributed by atoms with Crippen LogP contribution in [0.15, 0.2) is 24.3 Å². The van der Waals surface area contributed by atoms with E-state index in [0.717, 1.165) is 37.6 Å². The number of para-hydroxylation sites is 2. The van der Waals surface area contributed by atoms with E-state index < -0.39 is 0 Å². The number of anilines is 1. The summed E-state index contributed by atoms with van der Waals surface area (Å²) in [6.07, 6.45) is 0. The highest BCUT2D eigenvalue weighted by molar-refractivity contribution is 6.07. The number of piperazine rings is 1. The lowest BCUT2D eigenvalue weighted by Gasteiger charge is -2.37. The lowest BCUT2D eigenvalue weighted by molar-refractivity contribution is -0.857. The minimum absolute atomic E-state index is 0.119. The van der Waals surface area contributed by atoms with Crippen LogP contribution in [-0.2, 0) is 0 Å². The molecule has 84 valence electrons. The Balaban J connectivity index is 2.04. The third-order valence-corrected chi connectivity index (χ3v) is 3.69. The van der Waals surface area contributed by atoms with Crippen LogP contribution in [0.2, 0.25) is 0 Å². The van der Waals surface area contributed by atoms with Crippen molar-refractivity contribution < 1.29 is 9.69 Å². The maximum absolute atomic E-state index is 12.1. The van der Waals surface area contributed by atoms with Crippen molar-refractivity contribution in [1.29, 1.82) is 0 Å². The fourth-order valence-electron chi connectivity index (χ4n) is 2.66. The minimum atomic E-state index is 0.119. The van der Waals surface area contributed by atoms with Gasteiger partial charge in [0, 0.05) is 6.07 Å². The van der Waals surface area contributed by atoms with E-state index in [1.807, 2.05) is 18.2 Å². The largest absolute Gasteiger partial charge is 0.459 e. The van der Waals surface area contributed by atoms with E-state index in [2.05, 4.69) is 18.4 Å². The maximum atomic E-state index is 12.1. The lowest BCUT2D eigenvalue weighted by Crippen LogP contribution is -3.11. The lowest BCUT2D eigenvalue weighted by atomic mass is 10.2. The molecule has 0 aliphatic carbocycles. The van der Waals surface area contributed by atoms with Crippen molar-refractivity contribution in [2.75, 3.05) is 31.5 Å². The average Bonchev–Trinajstić information content (AvgIpc) is 2.57. The molecule has 1 spiro atoms. The Morgan fingerprint density at radius 3 is 2.69 bits per heavy atom. The van der Waals surface area contributed by atoms with Gasteiger partial charge in [-0.25, -0.2) is 4.79 Å². The summed E-state index contributed by atoms with van der Waals surface area (Å²) in [7, 11) is 4.01. The monoisotopic (exact) mass is 218 g/mol. The number of quaternary nitrogens is 2. The average molecular weight is 218 g/mol. The predicted molar refractivity (Wildman–Crippen MR) is 63.0 cm³/mol. The summed E-state index contributed by atoms with van der Waals surface area (Å²) in [5.74, 6) is 0. The molecule has 0 unspecified atom stereocenters. The normalized spacial score (nSPS) is 32.6. The van der Waals surface area contributed by atoms with Crippen LogP contribution in [0.3, 0.4) is 0 Å². The number of nitrogens with one attached hydrogen (secondary N) is 2. The Labute approximate surface area is 95.1 Å². The molecule has 2 amide bonds. The molecule has 0 atom stereocenters. The van der Waals surface area contributed by atoms with Crippen molar-refractivity contribution in [3.05, 3.63) is 31.3 Å². The number of carbonyl (C=O) groups excluding carboxylic acids is 1. The van der Waals surface area contributed by atoms with Gasteiger partial charge in [0.1, 0.15) is 31.9 Å². The zero-order valence-corrected chi connectivity index (χ0v) is 9.20. The van der Waals surface area contributed by atoms with Gasteiger partial charge in [0.25, 0.3) is 0 Å². The topological polar surface area (TPSA) is 33.5 Å². The zero-order chi connectivity index (χ0) is 11.2. The highest BCUT2D eigenvalue weighted by Crippen LogP contribution is 2.38. The van der Waals surface area contributed by atoms with Crippen LogP contribution < -0.4 is 14.7 Å². The summed E-state index contributed by atoms with van der Waals surface area (Å²) in [4.78, 5) is 13.4. The Morgan fingerprint density at radius 1 is 1.25 bits per heavy atom. The molecule has 1 saturated heterocycles. The Morgan fingerprint density at radius 2 is 1.94 bits per heavy atom. The molecule has 16 heavy (non-hydrogen) atoms. The number of nitrogens with zero attached hydrogens (tertiary/aromatic N) is 1. The summed E-state index contributed by atoms with van der Waals surface area (Å²) >= 11 is 0. The second-order valence-electron chi connectivity index (χ2n) is 4.61. The first-order chi connectivity index (χ1) is 7.72. The Hall–Kier alpha value is -1.39. The number of benzene rings is 1. The van der Waals surface area contributed by atoms with Crippen LogP contribution in [0.25, 0.3) is 0 Å². The van der Waals surface area contributed by atoms with Crippen molar-refractivity contribution >= 4 is 17.4 Å². The highest BCUT2D eigenvalue weighted by Gasteiger charge is 2.49. The molecule has 1 aromatic carbocycles. The number of urea groups is 1. The van der Waals surface area contributed by atoms with Crippen molar-refractivity contribution in [3.8, 4) is 0 Å². The second-order valence-corrected chi connectivity index (χ2v) is 4.61. The number of rotatable bonds is 0. The third-order valence-electron chi connectivity index (χ3n) is 3.69. The van der Waals surface area contributed by atoms with Crippen molar-refractivity contribution in [3.63, 3.8) is 0 Å². The fourth-order valence-corrected chi connectivity index (χ4v) is 2.66. The molecular formula is C12H16N3O+. The molecule has 1 aromatic rings. The summed E-state index contributed by atoms with van der Waals surface area (Å²) < 4.78 is 0.467. The van der Waals surface area contributed by atoms with E-state index in [9.17, 15) is 4.79 Å². The van der Waals surface area contributed by atoms with E-state index in [-0.39, 0.29) is 6.03 Å². The first-order valence-corrected chi connectivity index (χ1v) is 5.67. The summed E-state index contributed by atoms with van der Waals surface area (Å²) in [5.41, 5.74) is 2.10. The van der Waals surface area contributed by atoms with Crippen molar-refractivity contribution in [1.82, 2.24) is 4.48 Å². The van der Waals surface area contributed by atoms with Gasteiger partial charge in [0.05, 0.1) is 0 Å². The molecule has 1 fully saturated rings. The van der Waals surface area contributed by atoms with Gasteiger partial charge in [-0.05, 0) is 6.07 Å². The van der Waals surface area contributed by atoms with Gasteiger partial charge < -0.3 is 4.90 Å². The quantitative estimate of drug-likeness (QED) is 0.474. The molecule has 3 rings (SSSR count). The second kappa shape index (κ2) is 3.30. The predicted octanol–water partition coefficient (Wildman–Crippen LogP) is 0.229. The number of carbonyl (C=O) groups is 1. The zero-order valence-electron chi connectivity index (χ0n) is 9.20. The van der Waals surface area contributed by atoms with E-state index in [1.54, 1.807) is 0 Å². The minimum Gasteiger partial charge on any atom is -0.459 e. The molecule has 2 aliphatic rings. The number of hydrogen-bond acceptors (Lipinski definition) is 1. The van der Waals surface area contributed by atoms with Crippen LogP contribution in [0.1, 0.15) is 0 Å². The maximum Gasteiger partial charge on any atom is 0.426 e. The van der Waals surface area contributed by atoms with E-state index >= 15 is 0 Å². The Bertz CT molecular complexity index is 436. The van der Waals surface area contributed by atoms with Gasteiger partial charge in [-0.3, -0.25) is 5.32 Å². The highest BCUT2D eigenvalue weighted by atomic mass is 16.2. The molecule has 2 aliphatic heterocycles. The van der Waals surface area contributed by atoms with Gasteiger partial charge in [-0.1, -0.05) is 12.1 Å². The number of fused-ring (bicyclic) bond motifs is 2. The van der Waals surface area contributed by atoms with E-state index in [4.69, 9.17) is 0 Å². The molecular weight excluding hydrogens is 202 g/mol. The van der Waals surface area contributed by atoms with Crippen LogP contribution in [0.4, 0.5) is 16.2 Å². The fraction of sp³-hybridized carbons (Fsp3) is 0.333.